The molecule has 0 radical (unpaired) electrons. The number of oxazole rings is 1. The molecule has 0 bridgehead atoms. The lowest BCUT2D eigenvalue weighted by Gasteiger charge is -1.97. The molecule has 0 N–H and O–H groups in total. The van der Waals surface area contributed by atoms with E-state index in [2.05, 4.69) is 20.9 Å². The van der Waals surface area contributed by atoms with E-state index in [0.29, 0.717) is 23.4 Å². The van der Waals surface area contributed by atoms with E-state index in [9.17, 15) is 10.1 Å². The number of hydrogen-bond donors (Lipinski definition) is 0. The largest absolute Gasteiger partial charge is 0.436 e. The monoisotopic (exact) mass is 346 g/mol. The highest BCUT2D eigenvalue weighted by Crippen LogP contribution is 2.30. The van der Waals surface area contributed by atoms with Gasteiger partial charge < -0.3 is 4.42 Å². The summed E-state index contributed by atoms with van der Waals surface area (Å²) in [6, 6.07) is 10.5. The van der Waals surface area contributed by atoms with Gasteiger partial charge in [0, 0.05) is 27.7 Å². The fourth-order valence-electron chi connectivity index (χ4n) is 2.17. The second-order valence-corrected chi connectivity index (χ2v) is 5.51. The zero-order valence-corrected chi connectivity index (χ0v) is 12.8. The number of aryl methyl sites for hydroxylation is 1. The van der Waals surface area contributed by atoms with Gasteiger partial charge in [0.2, 0.25) is 5.89 Å². The standard InChI is InChI=1S/C15H11BrN2O3/c1-2-9-7-12(18(19)20)8-13-14(9)21-15(17-13)10-3-5-11(16)6-4-10/h3-8H,2H2,1H3. The maximum Gasteiger partial charge on any atom is 0.272 e. The van der Waals surface area contributed by atoms with Crippen LogP contribution in [0.4, 0.5) is 5.69 Å². The molecule has 0 unspecified atom stereocenters. The fraction of sp³-hybridized carbons (Fsp3) is 0.133. The first-order valence-electron chi connectivity index (χ1n) is 6.42. The van der Waals surface area contributed by atoms with E-state index in [1.54, 1.807) is 6.07 Å². The van der Waals surface area contributed by atoms with Crippen molar-refractivity contribution in [2.24, 2.45) is 0 Å². The number of halogens is 1. The Balaban J connectivity index is 2.19. The molecule has 0 saturated carbocycles. The third kappa shape index (κ3) is 2.54. The van der Waals surface area contributed by atoms with Crippen molar-refractivity contribution in [2.45, 2.75) is 13.3 Å². The predicted octanol–water partition coefficient (Wildman–Crippen LogP) is 4.73. The number of benzene rings is 2. The van der Waals surface area contributed by atoms with Crippen LogP contribution >= 0.6 is 15.9 Å². The smallest absolute Gasteiger partial charge is 0.272 e. The number of fused-ring (bicyclic) bond motifs is 1. The first kappa shape index (κ1) is 13.8. The Labute approximate surface area is 128 Å². The zero-order chi connectivity index (χ0) is 15.0. The van der Waals surface area contributed by atoms with Gasteiger partial charge in [-0.25, -0.2) is 4.98 Å². The molecule has 0 aliphatic heterocycles. The number of rotatable bonds is 3. The minimum absolute atomic E-state index is 0.0370. The summed E-state index contributed by atoms with van der Waals surface area (Å²) in [5.41, 5.74) is 2.78. The molecule has 106 valence electrons. The minimum atomic E-state index is -0.410. The van der Waals surface area contributed by atoms with Crippen LogP contribution in [0.25, 0.3) is 22.6 Å². The van der Waals surface area contributed by atoms with Crippen LogP contribution in [0.15, 0.2) is 45.3 Å². The SMILES string of the molecule is CCc1cc([N+](=O)[O-])cc2nc(-c3ccc(Br)cc3)oc12. The van der Waals surface area contributed by atoms with E-state index in [0.717, 1.165) is 15.6 Å². The molecule has 3 rings (SSSR count). The van der Waals surface area contributed by atoms with Crippen LogP contribution in [-0.2, 0) is 6.42 Å². The summed E-state index contributed by atoms with van der Waals surface area (Å²) in [4.78, 5) is 14.9. The van der Waals surface area contributed by atoms with Gasteiger partial charge in [0.15, 0.2) is 5.58 Å². The van der Waals surface area contributed by atoms with Gasteiger partial charge in [0.05, 0.1) is 4.92 Å². The Morgan fingerprint density at radius 3 is 2.62 bits per heavy atom. The molecule has 0 aliphatic carbocycles. The molecule has 5 nitrogen and oxygen atoms in total. The molecule has 6 heteroatoms. The molecule has 0 fully saturated rings. The third-order valence-corrected chi connectivity index (χ3v) is 3.76. The van der Waals surface area contributed by atoms with Gasteiger partial charge in [-0.3, -0.25) is 10.1 Å². The number of nitro benzene ring substituents is 1. The maximum absolute atomic E-state index is 11.0. The Morgan fingerprint density at radius 1 is 1.29 bits per heavy atom. The number of aromatic nitrogens is 1. The summed E-state index contributed by atoms with van der Waals surface area (Å²) in [7, 11) is 0. The van der Waals surface area contributed by atoms with Crippen molar-refractivity contribution in [1.82, 2.24) is 4.98 Å². The fourth-order valence-corrected chi connectivity index (χ4v) is 2.43. The molecule has 1 heterocycles. The first-order valence-corrected chi connectivity index (χ1v) is 7.21. The highest BCUT2D eigenvalue weighted by Gasteiger charge is 2.16. The molecular weight excluding hydrogens is 336 g/mol. The molecule has 0 aliphatic rings. The van der Waals surface area contributed by atoms with Gasteiger partial charge in [-0.1, -0.05) is 22.9 Å². The lowest BCUT2D eigenvalue weighted by atomic mass is 10.1. The molecule has 0 spiro atoms. The summed E-state index contributed by atoms with van der Waals surface area (Å²) in [5, 5.41) is 11.0. The van der Waals surface area contributed by atoms with Crippen molar-refractivity contribution in [3.63, 3.8) is 0 Å². The number of nitro groups is 1. The molecule has 0 saturated heterocycles. The lowest BCUT2D eigenvalue weighted by Crippen LogP contribution is -1.90. The van der Waals surface area contributed by atoms with Crippen molar-refractivity contribution in [3.05, 3.63) is 56.5 Å². The minimum Gasteiger partial charge on any atom is -0.436 e. The topological polar surface area (TPSA) is 69.2 Å². The van der Waals surface area contributed by atoms with Crippen molar-refractivity contribution in [2.75, 3.05) is 0 Å². The number of hydrogen-bond acceptors (Lipinski definition) is 4. The Bertz CT molecular complexity index is 825. The summed E-state index contributed by atoms with van der Waals surface area (Å²) in [6.45, 7) is 1.93. The van der Waals surface area contributed by atoms with Crippen LogP contribution in [0.1, 0.15) is 12.5 Å². The highest BCUT2D eigenvalue weighted by molar-refractivity contribution is 9.10. The Morgan fingerprint density at radius 2 is 2.00 bits per heavy atom. The van der Waals surface area contributed by atoms with Gasteiger partial charge in [-0.05, 0) is 30.7 Å². The van der Waals surface area contributed by atoms with E-state index in [1.807, 2.05) is 31.2 Å². The highest BCUT2D eigenvalue weighted by atomic mass is 79.9. The summed E-state index contributed by atoms with van der Waals surface area (Å²) in [5.74, 6) is 0.465. The number of non-ortho nitro benzene ring substituents is 1. The second kappa shape index (κ2) is 5.29. The van der Waals surface area contributed by atoms with Gasteiger partial charge >= 0.3 is 0 Å². The first-order chi connectivity index (χ1) is 10.1. The van der Waals surface area contributed by atoms with E-state index in [1.165, 1.54) is 6.07 Å². The normalized spacial score (nSPS) is 11.0. The van der Waals surface area contributed by atoms with Crippen LogP contribution in [0.5, 0.6) is 0 Å². The summed E-state index contributed by atoms with van der Waals surface area (Å²) < 4.78 is 6.77. The molecule has 2 aromatic carbocycles. The second-order valence-electron chi connectivity index (χ2n) is 4.59. The summed E-state index contributed by atoms with van der Waals surface area (Å²) in [6.07, 6.45) is 0.646. The van der Waals surface area contributed by atoms with E-state index >= 15 is 0 Å². The Hall–Kier alpha value is -2.21. The molecule has 21 heavy (non-hydrogen) atoms. The van der Waals surface area contributed by atoms with Crippen molar-refractivity contribution < 1.29 is 9.34 Å². The van der Waals surface area contributed by atoms with Gasteiger partial charge in [-0.2, -0.15) is 0 Å². The molecule has 0 atom stereocenters. The molecule has 1 aromatic heterocycles. The predicted molar refractivity (Wildman–Crippen MR) is 83.2 cm³/mol. The van der Waals surface area contributed by atoms with Crippen LogP contribution in [0.2, 0.25) is 0 Å². The molecule has 3 aromatic rings. The van der Waals surface area contributed by atoms with E-state index < -0.39 is 4.92 Å². The van der Waals surface area contributed by atoms with Crippen LogP contribution in [0.3, 0.4) is 0 Å². The van der Waals surface area contributed by atoms with Crippen LogP contribution < -0.4 is 0 Å². The van der Waals surface area contributed by atoms with Crippen molar-refractivity contribution in [1.29, 1.82) is 0 Å². The average Bonchev–Trinajstić information content (AvgIpc) is 2.90. The summed E-state index contributed by atoms with van der Waals surface area (Å²) >= 11 is 3.37. The van der Waals surface area contributed by atoms with E-state index in [-0.39, 0.29) is 5.69 Å². The maximum atomic E-state index is 11.0. The molecule has 0 amide bonds. The number of nitrogens with zero attached hydrogens (tertiary/aromatic N) is 2. The zero-order valence-electron chi connectivity index (χ0n) is 11.2. The van der Waals surface area contributed by atoms with Gasteiger partial charge in [0.1, 0.15) is 5.52 Å². The molecular formula is C15H11BrN2O3. The van der Waals surface area contributed by atoms with Gasteiger partial charge in [0.25, 0.3) is 5.69 Å². The average molecular weight is 347 g/mol. The quantitative estimate of drug-likeness (QED) is 0.507. The van der Waals surface area contributed by atoms with Crippen molar-refractivity contribution in [3.8, 4) is 11.5 Å². The van der Waals surface area contributed by atoms with Crippen LogP contribution in [-0.4, -0.2) is 9.91 Å². The lowest BCUT2D eigenvalue weighted by molar-refractivity contribution is -0.384. The Kier molecular flexibility index (Phi) is 3.47. The van der Waals surface area contributed by atoms with E-state index in [4.69, 9.17) is 4.42 Å². The van der Waals surface area contributed by atoms with Gasteiger partial charge in [-0.15, -0.1) is 0 Å². The third-order valence-electron chi connectivity index (χ3n) is 3.23. The van der Waals surface area contributed by atoms with Crippen LogP contribution in [0, 0.1) is 10.1 Å². The van der Waals surface area contributed by atoms with Crippen molar-refractivity contribution >= 4 is 32.7 Å².